The van der Waals surface area contributed by atoms with Crippen LogP contribution < -0.4 is 10.1 Å². The monoisotopic (exact) mass is 440 g/mol. The van der Waals surface area contributed by atoms with Crippen LogP contribution in [0.3, 0.4) is 0 Å². The molecular formula is C28H28N2O3. The normalized spacial score (nSPS) is 13.8. The molecule has 0 bridgehead atoms. The van der Waals surface area contributed by atoms with Gasteiger partial charge in [0, 0.05) is 5.69 Å². The third kappa shape index (κ3) is 4.98. The van der Waals surface area contributed by atoms with Crippen LogP contribution in [-0.4, -0.2) is 22.8 Å². The van der Waals surface area contributed by atoms with E-state index in [1.54, 1.807) is 0 Å². The summed E-state index contributed by atoms with van der Waals surface area (Å²) in [6.07, 6.45) is 0.0732. The highest BCUT2D eigenvalue weighted by Gasteiger charge is 2.39. The van der Waals surface area contributed by atoms with Gasteiger partial charge in [-0.1, -0.05) is 59.7 Å². The Hall–Kier alpha value is -3.86. The Labute approximate surface area is 194 Å². The summed E-state index contributed by atoms with van der Waals surface area (Å²) in [7, 11) is 0. The molecule has 5 heteroatoms. The summed E-state index contributed by atoms with van der Waals surface area (Å²) in [5.74, 6) is 0.114. The number of amides is 2. The minimum atomic E-state index is -0.335. The lowest BCUT2D eigenvalue weighted by atomic mass is 10.0. The van der Waals surface area contributed by atoms with Crippen molar-refractivity contribution in [1.29, 1.82) is 0 Å². The molecule has 1 aliphatic heterocycles. The fourth-order valence-corrected chi connectivity index (χ4v) is 3.73. The predicted octanol–water partition coefficient (Wildman–Crippen LogP) is 5.48. The van der Waals surface area contributed by atoms with Gasteiger partial charge in [0.15, 0.2) is 0 Å². The number of aryl methyl sites for hydroxylation is 2. The second-order valence-electron chi connectivity index (χ2n) is 8.61. The third-order valence-electron chi connectivity index (χ3n) is 5.47. The first-order valence-electron chi connectivity index (χ1n) is 11.1. The molecule has 0 saturated carbocycles. The molecule has 0 spiro atoms. The first-order chi connectivity index (χ1) is 15.8. The molecule has 3 aromatic carbocycles. The van der Waals surface area contributed by atoms with Gasteiger partial charge in [-0.15, -0.1) is 0 Å². The highest BCUT2D eigenvalue weighted by Crippen LogP contribution is 2.32. The van der Waals surface area contributed by atoms with E-state index < -0.39 is 0 Å². The molecule has 3 aromatic rings. The maximum Gasteiger partial charge on any atom is 0.278 e. The number of carbonyl (C=O) groups excluding carboxylic acids is 2. The quantitative estimate of drug-likeness (QED) is 0.494. The lowest BCUT2D eigenvalue weighted by Gasteiger charge is -2.16. The van der Waals surface area contributed by atoms with Crippen molar-refractivity contribution < 1.29 is 14.3 Å². The molecule has 0 radical (unpaired) electrons. The Morgan fingerprint density at radius 3 is 1.94 bits per heavy atom. The van der Waals surface area contributed by atoms with Crippen molar-refractivity contribution in [2.45, 2.75) is 40.3 Å². The standard InChI is InChI=1S/C28H28N2O3/c1-18(2)33-24-15-13-23(14-16-24)29-26-25(22-11-7-20(4)8-12-22)27(31)30(28(26)32)17-21-9-5-19(3)6-10-21/h5-16,18,29H,17H2,1-4H3. The number of ether oxygens (including phenoxy) is 1. The number of nitrogens with one attached hydrogen (secondary N) is 1. The molecule has 0 saturated heterocycles. The maximum atomic E-state index is 13.4. The third-order valence-corrected chi connectivity index (χ3v) is 5.47. The van der Waals surface area contributed by atoms with Crippen LogP contribution in [-0.2, 0) is 16.1 Å². The molecule has 1 heterocycles. The van der Waals surface area contributed by atoms with Crippen LogP contribution in [0.2, 0.25) is 0 Å². The summed E-state index contributed by atoms with van der Waals surface area (Å²) in [5.41, 5.74) is 5.22. The van der Waals surface area contributed by atoms with Gasteiger partial charge in [0.1, 0.15) is 11.4 Å². The molecular weight excluding hydrogens is 412 g/mol. The Morgan fingerprint density at radius 2 is 1.36 bits per heavy atom. The van der Waals surface area contributed by atoms with Crippen molar-refractivity contribution in [3.63, 3.8) is 0 Å². The SMILES string of the molecule is Cc1ccc(CN2C(=O)C(Nc3ccc(OC(C)C)cc3)=C(c3ccc(C)cc3)C2=O)cc1. The Bertz CT molecular complexity index is 1190. The smallest absolute Gasteiger partial charge is 0.278 e. The topological polar surface area (TPSA) is 58.6 Å². The van der Waals surface area contributed by atoms with Crippen LogP contribution in [0, 0.1) is 13.8 Å². The molecule has 0 fully saturated rings. The minimum Gasteiger partial charge on any atom is -0.491 e. The first-order valence-corrected chi connectivity index (χ1v) is 11.1. The molecule has 1 aliphatic rings. The van der Waals surface area contributed by atoms with Gasteiger partial charge >= 0.3 is 0 Å². The molecule has 0 aliphatic carbocycles. The fourth-order valence-electron chi connectivity index (χ4n) is 3.73. The van der Waals surface area contributed by atoms with E-state index in [9.17, 15) is 9.59 Å². The Kier molecular flexibility index (Phi) is 6.31. The number of rotatable bonds is 7. The van der Waals surface area contributed by atoms with E-state index in [4.69, 9.17) is 4.74 Å². The van der Waals surface area contributed by atoms with Crippen molar-refractivity contribution in [3.8, 4) is 5.75 Å². The molecule has 2 amide bonds. The second-order valence-corrected chi connectivity index (χ2v) is 8.61. The number of benzene rings is 3. The van der Waals surface area contributed by atoms with Crippen LogP contribution in [0.5, 0.6) is 5.75 Å². The molecule has 0 unspecified atom stereocenters. The number of hydrogen-bond acceptors (Lipinski definition) is 4. The Morgan fingerprint density at radius 1 is 0.788 bits per heavy atom. The predicted molar refractivity (Wildman–Crippen MR) is 131 cm³/mol. The zero-order valence-electron chi connectivity index (χ0n) is 19.4. The van der Waals surface area contributed by atoms with Crippen molar-refractivity contribution in [2.24, 2.45) is 0 Å². The van der Waals surface area contributed by atoms with Crippen molar-refractivity contribution in [1.82, 2.24) is 4.90 Å². The van der Waals surface area contributed by atoms with Gasteiger partial charge in [-0.2, -0.15) is 0 Å². The number of anilines is 1. The van der Waals surface area contributed by atoms with Gasteiger partial charge in [0.25, 0.3) is 11.8 Å². The molecule has 1 N–H and O–H groups in total. The van der Waals surface area contributed by atoms with E-state index in [2.05, 4.69) is 5.32 Å². The van der Waals surface area contributed by atoms with Crippen LogP contribution >= 0.6 is 0 Å². The van der Waals surface area contributed by atoms with Gasteiger partial charge in [0.2, 0.25) is 0 Å². The first kappa shape index (κ1) is 22.3. The van der Waals surface area contributed by atoms with Gasteiger partial charge < -0.3 is 10.1 Å². The lowest BCUT2D eigenvalue weighted by Crippen LogP contribution is -2.32. The lowest BCUT2D eigenvalue weighted by molar-refractivity contribution is -0.137. The van der Waals surface area contributed by atoms with E-state index in [1.807, 2.05) is 100 Å². The van der Waals surface area contributed by atoms with Crippen molar-refractivity contribution in [2.75, 3.05) is 5.32 Å². The van der Waals surface area contributed by atoms with E-state index in [0.29, 0.717) is 16.8 Å². The van der Waals surface area contributed by atoms with Crippen molar-refractivity contribution >= 4 is 23.1 Å². The fraction of sp³-hybridized carbons (Fsp3) is 0.214. The highest BCUT2D eigenvalue weighted by atomic mass is 16.5. The molecule has 168 valence electrons. The summed E-state index contributed by atoms with van der Waals surface area (Å²) in [4.78, 5) is 28.2. The van der Waals surface area contributed by atoms with E-state index >= 15 is 0 Å². The van der Waals surface area contributed by atoms with E-state index in [1.165, 1.54) is 4.90 Å². The number of carbonyl (C=O) groups is 2. The zero-order valence-corrected chi connectivity index (χ0v) is 19.4. The summed E-state index contributed by atoms with van der Waals surface area (Å²) in [6.45, 7) is 8.15. The number of hydrogen-bond donors (Lipinski definition) is 1. The summed E-state index contributed by atoms with van der Waals surface area (Å²) < 4.78 is 5.70. The van der Waals surface area contributed by atoms with Gasteiger partial charge in [-0.25, -0.2) is 0 Å². The average Bonchev–Trinajstić information content (AvgIpc) is 3.01. The number of nitrogens with zero attached hydrogens (tertiary/aromatic N) is 1. The largest absolute Gasteiger partial charge is 0.491 e. The van der Waals surface area contributed by atoms with Gasteiger partial charge in [-0.3, -0.25) is 14.5 Å². The van der Waals surface area contributed by atoms with E-state index in [0.717, 1.165) is 22.4 Å². The van der Waals surface area contributed by atoms with Crippen LogP contribution in [0.15, 0.2) is 78.5 Å². The molecule has 5 nitrogen and oxygen atoms in total. The van der Waals surface area contributed by atoms with Crippen LogP contribution in [0.1, 0.15) is 36.1 Å². The van der Waals surface area contributed by atoms with E-state index in [-0.39, 0.29) is 30.2 Å². The highest BCUT2D eigenvalue weighted by molar-refractivity contribution is 6.36. The minimum absolute atomic E-state index is 0.0732. The van der Waals surface area contributed by atoms with Gasteiger partial charge in [0.05, 0.1) is 18.2 Å². The molecule has 0 aromatic heterocycles. The second kappa shape index (κ2) is 9.33. The zero-order chi connectivity index (χ0) is 23.5. The van der Waals surface area contributed by atoms with Crippen LogP contribution in [0.25, 0.3) is 5.57 Å². The summed E-state index contributed by atoms with van der Waals surface area (Å²) >= 11 is 0. The molecule has 0 atom stereocenters. The molecule has 4 rings (SSSR count). The number of imide groups is 1. The summed E-state index contributed by atoms with van der Waals surface area (Å²) in [6, 6.07) is 22.9. The van der Waals surface area contributed by atoms with Crippen LogP contribution in [0.4, 0.5) is 5.69 Å². The van der Waals surface area contributed by atoms with Gasteiger partial charge in [-0.05, 0) is 63.1 Å². The maximum absolute atomic E-state index is 13.4. The van der Waals surface area contributed by atoms with Crippen molar-refractivity contribution in [3.05, 3.63) is 101 Å². The average molecular weight is 441 g/mol. The summed E-state index contributed by atoms with van der Waals surface area (Å²) in [5, 5.41) is 3.20. The molecule has 33 heavy (non-hydrogen) atoms. The Balaban J connectivity index is 1.67.